The Labute approximate surface area is 286 Å². The number of nitrogens with one attached hydrogen (secondary N) is 2. The van der Waals surface area contributed by atoms with E-state index in [0.29, 0.717) is 44.5 Å². The Balaban J connectivity index is 1.16. The molecule has 0 radical (unpaired) electrons. The van der Waals surface area contributed by atoms with Gasteiger partial charge in [0.15, 0.2) is 0 Å². The number of benzene rings is 2. The van der Waals surface area contributed by atoms with Crippen molar-refractivity contribution in [3.05, 3.63) is 77.7 Å². The molecule has 3 amide bonds. The van der Waals surface area contributed by atoms with Crippen LogP contribution in [0.15, 0.2) is 60.8 Å². The lowest BCUT2D eigenvalue weighted by molar-refractivity contribution is 0.0487. The molecule has 0 spiro atoms. The van der Waals surface area contributed by atoms with Gasteiger partial charge in [0.1, 0.15) is 22.7 Å². The third kappa shape index (κ3) is 10.6. The predicted octanol–water partition coefficient (Wildman–Crippen LogP) is 6.47. The summed E-state index contributed by atoms with van der Waals surface area (Å²) in [5.74, 6) is -0.645. The van der Waals surface area contributed by atoms with E-state index in [1.807, 2.05) is 51.1 Å². The summed E-state index contributed by atoms with van der Waals surface area (Å²) in [6, 6.07) is 16.7. The molecule has 1 aliphatic carbocycles. The quantitative estimate of drug-likeness (QED) is 0.223. The number of carbonyl (C=O) groups is 3. The topological polar surface area (TPSA) is 133 Å². The number of pyridine rings is 1. The van der Waals surface area contributed by atoms with Crippen LogP contribution in [0.3, 0.4) is 0 Å². The number of aromatic nitrogens is 1. The zero-order valence-corrected chi connectivity index (χ0v) is 28.4. The molecule has 5 rings (SSSR count). The Bertz CT molecular complexity index is 1610. The highest BCUT2D eigenvalue weighted by atomic mass is 19.1. The van der Waals surface area contributed by atoms with Crippen LogP contribution in [0.5, 0.6) is 11.6 Å². The van der Waals surface area contributed by atoms with Gasteiger partial charge in [0.2, 0.25) is 5.88 Å². The smallest absolute Gasteiger partial charge is 0.407 e. The number of carbonyl (C=O) groups excluding carboxylic acids is 2. The molecular formula is C37H46FN5O6. The van der Waals surface area contributed by atoms with E-state index in [2.05, 4.69) is 32.7 Å². The van der Waals surface area contributed by atoms with E-state index in [-0.39, 0.29) is 23.5 Å². The largest absolute Gasteiger partial charge is 0.465 e. The monoisotopic (exact) mass is 675 g/mol. The summed E-state index contributed by atoms with van der Waals surface area (Å²) in [5, 5.41) is 15.0. The molecular weight excluding hydrogens is 629 g/mol. The van der Waals surface area contributed by atoms with Gasteiger partial charge in [-0.05, 0) is 101 Å². The zero-order valence-electron chi connectivity index (χ0n) is 28.4. The van der Waals surface area contributed by atoms with Gasteiger partial charge in [-0.15, -0.1) is 0 Å². The molecule has 12 heteroatoms. The number of hydrogen-bond acceptors (Lipinski definition) is 7. The van der Waals surface area contributed by atoms with Crippen molar-refractivity contribution < 1.29 is 33.4 Å². The van der Waals surface area contributed by atoms with Crippen molar-refractivity contribution in [2.75, 3.05) is 32.7 Å². The highest BCUT2D eigenvalue weighted by molar-refractivity contribution is 5.96. The highest BCUT2D eigenvalue weighted by Crippen LogP contribution is 2.30. The molecule has 1 saturated heterocycles. The minimum absolute atomic E-state index is 0.00535. The molecule has 3 N–H and O–H groups in total. The molecule has 1 saturated carbocycles. The van der Waals surface area contributed by atoms with E-state index in [4.69, 9.17) is 14.6 Å². The first kappa shape index (κ1) is 35.6. The van der Waals surface area contributed by atoms with Crippen LogP contribution in [0.25, 0.3) is 11.1 Å². The van der Waals surface area contributed by atoms with Crippen molar-refractivity contribution in [2.24, 2.45) is 0 Å². The van der Waals surface area contributed by atoms with Crippen LogP contribution >= 0.6 is 0 Å². The number of carboxylic acid groups (broad SMARTS) is 1. The van der Waals surface area contributed by atoms with Gasteiger partial charge in [0.05, 0.1) is 6.20 Å². The number of aryl methyl sites for hydroxylation is 1. The third-order valence-electron chi connectivity index (χ3n) is 8.74. The van der Waals surface area contributed by atoms with Crippen molar-refractivity contribution in [3.8, 4) is 22.8 Å². The first-order valence-corrected chi connectivity index (χ1v) is 17.0. The summed E-state index contributed by atoms with van der Waals surface area (Å²) in [7, 11) is 0. The lowest BCUT2D eigenvalue weighted by Crippen LogP contribution is -2.48. The van der Waals surface area contributed by atoms with Gasteiger partial charge < -0.3 is 30.1 Å². The Morgan fingerprint density at radius 2 is 1.57 bits per heavy atom. The average molecular weight is 676 g/mol. The van der Waals surface area contributed by atoms with Crippen molar-refractivity contribution in [1.29, 1.82) is 0 Å². The molecule has 2 fully saturated rings. The van der Waals surface area contributed by atoms with E-state index in [9.17, 15) is 18.8 Å². The number of rotatable bonds is 10. The van der Waals surface area contributed by atoms with Gasteiger partial charge in [-0.25, -0.2) is 19.0 Å². The lowest BCUT2D eigenvalue weighted by Gasteiger charge is -2.33. The molecule has 11 nitrogen and oxygen atoms in total. The minimum Gasteiger partial charge on any atom is -0.465 e. The highest BCUT2D eigenvalue weighted by Gasteiger charge is 2.27. The minimum atomic E-state index is -0.855. The molecule has 262 valence electrons. The van der Waals surface area contributed by atoms with Gasteiger partial charge >= 0.3 is 12.2 Å². The molecule has 0 unspecified atom stereocenters. The maximum atomic E-state index is 14.3. The zero-order chi connectivity index (χ0) is 35.0. The van der Waals surface area contributed by atoms with Crippen LogP contribution in [0, 0.1) is 5.82 Å². The van der Waals surface area contributed by atoms with Gasteiger partial charge in [-0.3, -0.25) is 9.69 Å². The number of hydrogen-bond donors (Lipinski definition) is 3. The van der Waals surface area contributed by atoms with Gasteiger partial charge in [-0.1, -0.05) is 36.4 Å². The average Bonchev–Trinajstić information content (AvgIpc) is 3.06. The van der Waals surface area contributed by atoms with Gasteiger partial charge in [-0.2, -0.15) is 0 Å². The van der Waals surface area contributed by atoms with Crippen LogP contribution in [0.1, 0.15) is 68.8 Å². The van der Waals surface area contributed by atoms with Crippen LogP contribution < -0.4 is 15.4 Å². The number of alkyl carbamates (subject to hydrolysis) is 1. The molecule has 0 atom stereocenters. The fourth-order valence-corrected chi connectivity index (χ4v) is 6.22. The Morgan fingerprint density at radius 3 is 2.24 bits per heavy atom. The third-order valence-corrected chi connectivity index (χ3v) is 8.74. The second-order valence-electron chi connectivity index (χ2n) is 13.7. The Morgan fingerprint density at radius 1 is 0.918 bits per heavy atom. The van der Waals surface area contributed by atoms with Crippen molar-refractivity contribution in [3.63, 3.8) is 0 Å². The Hall–Kier alpha value is -4.71. The maximum absolute atomic E-state index is 14.3. The number of halogens is 1. The SMILES string of the molecule is CC(C)(C)OC(=O)NC1CCC(NC(=O)c2cc(F)cnc2Oc2cccc(-c3cccc(CCCN4CCN(C(=O)O)CC4)c3)c2)CC1. The number of nitrogens with zero attached hydrogens (tertiary/aromatic N) is 3. The van der Waals surface area contributed by atoms with E-state index >= 15 is 0 Å². The van der Waals surface area contributed by atoms with Crippen LogP contribution in [0.4, 0.5) is 14.0 Å². The number of amides is 3. The fraction of sp³-hybridized carbons (Fsp3) is 0.459. The van der Waals surface area contributed by atoms with Crippen molar-refractivity contribution in [1.82, 2.24) is 25.4 Å². The molecule has 0 bridgehead atoms. The van der Waals surface area contributed by atoms with E-state index in [1.54, 1.807) is 6.07 Å². The second kappa shape index (κ2) is 16.1. The van der Waals surface area contributed by atoms with E-state index in [0.717, 1.165) is 55.9 Å². The Kier molecular flexibility index (Phi) is 11.7. The summed E-state index contributed by atoms with van der Waals surface area (Å²) < 4.78 is 25.7. The maximum Gasteiger partial charge on any atom is 0.407 e. The molecule has 3 aromatic rings. The van der Waals surface area contributed by atoms with Gasteiger partial charge in [0, 0.05) is 38.3 Å². The van der Waals surface area contributed by atoms with Crippen molar-refractivity contribution in [2.45, 2.75) is 77.0 Å². The molecule has 2 aliphatic rings. The normalized spacial score (nSPS) is 18.4. The fourth-order valence-electron chi connectivity index (χ4n) is 6.22. The molecule has 49 heavy (non-hydrogen) atoms. The molecule has 2 aromatic carbocycles. The van der Waals surface area contributed by atoms with Crippen molar-refractivity contribution >= 4 is 18.1 Å². The lowest BCUT2D eigenvalue weighted by atomic mass is 9.91. The molecule has 1 aliphatic heterocycles. The van der Waals surface area contributed by atoms with E-state index < -0.39 is 29.5 Å². The standard InChI is InChI=1S/C37H46FN5O6/c1-37(2,3)49-35(45)41-30-14-12-29(13-15-30)40-33(44)32-23-28(38)24-39-34(32)48-31-11-5-10-27(22-31)26-9-4-7-25(21-26)8-6-16-42-17-19-43(20-18-42)36(46)47/h4-5,7,9-11,21-24,29-30H,6,8,12-20H2,1-3H3,(H,40,44)(H,41,45)(H,46,47). The molecule has 1 aromatic heterocycles. The second-order valence-corrected chi connectivity index (χ2v) is 13.7. The number of piperazine rings is 1. The van der Waals surface area contributed by atoms with E-state index in [1.165, 1.54) is 10.5 Å². The first-order valence-electron chi connectivity index (χ1n) is 17.0. The predicted molar refractivity (Wildman–Crippen MR) is 183 cm³/mol. The van der Waals surface area contributed by atoms with Crippen LogP contribution in [-0.2, 0) is 11.2 Å². The number of ether oxygens (including phenoxy) is 2. The summed E-state index contributed by atoms with van der Waals surface area (Å²) in [4.78, 5) is 44.5. The summed E-state index contributed by atoms with van der Waals surface area (Å²) in [6.45, 7) is 8.94. The van der Waals surface area contributed by atoms with Crippen LogP contribution in [-0.4, -0.2) is 88.4 Å². The molecule has 2 heterocycles. The summed E-state index contributed by atoms with van der Waals surface area (Å²) in [5.41, 5.74) is 2.56. The van der Waals surface area contributed by atoms with Gasteiger partial charge in [0.25, 0.3) is 5.91 Å². The van der Waals surface area contributed by atoms with Crippen LogP contribution in [0.2, 0.25) is 0 Å². The summed E-state index contributed by atoms with van der Waals surface area (Å²) >= 11 is 0. The first-order chi connectivity index (χ1) is 23.4. The summed E-state index contributed by atoms with van der Waals surface area (Å²) in [6.07, 6.45) is 4.22.